The first-order valence-corrected chi connectivity index (χ1v) is 6.54. The Morgan fingerprint density at radius 2 is 2.11 bits per heavy atom. The second-order valence-electron chi connectivity index (χ2n) is 3.80. The lowest BCUT2D eigenvalue weighted by Gasteiger charge is -2.09. The minimum Gasteiger partial charge on any atom is -0.373 e. The molecule has 0 radical (unpaired) electrons. The summed E-state index contributed by atoms with van der Waals surface area (Å²) < 4.78 is 1.95. The van der Waals surface area contributed by atoms with Gasteiger partial charge in [-0.05, 0) is 25.1 Å². The Hall–Kier alpha value is -1.63. The minimum absolute atomic E-state index is 0.836. The predicted molar refractivity (Wildman–Crippen MR) is 70.8 cm³/mol. The molecule has 2 aromatic rings. The van der Waals surface area contributed by atoms with Gasteiger partial charge in [-0.2, -0.15) is 0 Å². The normalized spacial score (nSPS) is 10.7. The Morgan fingerprint density at radius 1 is 1.33 bits per heavy atom. The highest BCUT2D eigenvalue weighted by molar-refractivity contribution is 7.99. The van der Waals surface area contributed by atoms with Crippen LogP contribution in [0.5, 0.6) is 0 Å². The van der Waals surface area contributed by atoms with Crippen molar-refractivity contribution in [3.05, 3.63) is 17.7 Å². The molecule has 18 heavy (non-hydrogen) atoms. The maximum Gasteiger partial charge on any atom is 0.197 e. The van der Waals surface area contributed by atoms with Crippen LogP contribution in [-0.2, 0) is 13.5 Å². The van der Waals surface area contributed by atoms with Gasteiger partial charge in [0.1, 0.15) is 23.0 Å². The van der Waals surface area contributed by atoms with E-state index >= 15 is 0 Å². The van der Waals surface area contributed by atoms with Crippen molar-refractivity contribution < 1.29 is 0 Å². The third-order valence-electron chi connectivity index (χ3n) is 2.74. The fourth-order valence-corrected chi connectivity index (χ4v) is 2.57. The Morgan fingerprint density at radius 3 is 2.67 bits per heavy atom. The van der Waals surface area contributed by atoms with Crippen LogP contribution in [0.3, 0.4) is 0 Å². The van der Waals surface area contributed by atoms with Crippen molar-refractivity contribution in [1.82, 2.24) is 24.7 Å². The van der Waals surface area contributed by atoms with Gasteiger partial charge < -0.3 is 9.88 Å². The largest absolute Gasteiger partial charge is 0.373 e. The molecule has 0 spiro atoms. The van der Waals surface area contributed by atoms with Gasteiger partial charge in [0.05, 0.1) is 0 Å². The summed E-state index contributed by atoms with van der Waals surface area (Å²) in [5, 5.41) is 13.0. The van der Waals surface area contributed by atoms with E-state index in [0.29, 0.717) is 0 Å². The van der Waals surface area contributed by atoms with Crippen molar-refractivity contribution in [3.8, 4) is 0 Å². The quantitative estimate of drug-likeness (QED) is 0.847. The molecule has 0 aliphatic rings. The monoisotopic (exact) mass is 264 g/mol. The molecule has 0 saturated heterocycles. The van der Waals surface area contributed by atoms with E-state index in [2.05, 4.69) is 32.4 Å². The van der Waals surface area contributed by atoms with Gasteiger partial charge in [0.15, 0.2) is 5.16 Å². The number of nitrogens with one attached hydrogen (secondary N) is 1. The number of aromatic nitrogens is 5. The average molecular weight is 264 g/mol. The number of hydrogen-bond acceptors (Lipinski definition) is 6. The minimum atomic E-state index is 0.836. The lowest BCUT2D eigenvalue weighted by Crippen LogP contribution is -2.02. The van der Waals surface area contributed by atoms with Crippen LogP contribution in [0.4, 0.5) is 5.82 Å². The van der Waals surface area contributed by atoms with E-state index in [4.69, 9.17) is 0 Å². The zero-order valence-electron chi connectivity index (χ0n) is 10.9. The molecule has 0 aliphatic heterocycles. The standard InChI is InChI=1S/C11H16N6S/c1-5-8-9(12-3)13-6-14-10(8)18-11-16-15-7(2)17(11)4/h6H,5H2,1-4H3,(H,12,13,14). The molecule has 96 valence electrons. The molecule has 1 N–H and O–H groups in total. The summed E-state index contributed by atoms with van der Waals surface area (Å²) >= 11 is 1.51. The van der Waals surface area contributed by atoms with E-state index in [-0.39, 0.29) is 0 Å². The SMILES string of the molecule is CCc1c(NC)ncnc1Sc1nnc(C)n1C. The highest BCUT2D eigenvalue weighted by Crippen LogP contribution is 2.30. The Balaban J connectivity index is 2.37. The Labute approximate surface area is 110 Å². The molecule has 0 aromatic carbocycles. The second kappa shape index (κ2) is 5.34. The molecule has 0 bridgehead atoms. The predicted octanol–water partition coefficient (Wildman–Crippen LogP) is 1.67. The van der Waals surface area contributed by atoms with Crippen LogP contribution in [-0.4, -0.2) is 31.8 Å². The van der Waals surface area contributed by atoms with Gasteiger partial charge in [0, 0.05) is 19.7 Å². The van der Waals surface area contributed by atoms with Crippen LogP contribution in [0, 0.1) is 6.92 Å². The van der Waals surface area contributed by atoms with Crippen molar-refractivity contribution in [2.24, 2.45) is 7.05 Å². The molecule has 0 fully saturated rings. The maximum absolute atomic E-state index is 4.33. The van der Waals surface area contributed by atoms with Crippen LogP contribution in [0.1, 0.15) is 18.3 Å². The molecule has 0 amide bonds. The Kier molecular flexibility index (Phi) is 3.81. The van der Waals surface area contributed by atoms with Gasteiger partial charge >= 0.3 is 0 Å². The topological polar surface area (TPSA) is 68.5 Å². The molecular weight excluding hydrogens is 248 g/mol. The van der Waals surface area contributed by atoms with E-state index in [1.807, 2.05) is 25.6 Å². The van der Waals surface area contributed by atoms with Crippen LogP contribution in [0.25, 0.3) is 0 Å². The van der Waals surface area contributed by atoms with Crippen LogP contribution in [0.2, 0.25) is 0 Å². The number of nitrogens with zero attached hydrogens (tertiary/aromatic N) is 5. The molecule has 0 saturated carbocycles. The van der Waals surface area contributed by atoms with E-state index in [1.165, 1.54) is 11.8 Å². The number of hydrogen-bond donors (Lipinski definition) is 1. The van der Waals surface area contributed by atoms with Crippen LogP contribution in [0.15, 0.2) is 16.5 Å². The van der Waals surface area contributed by atoms with Gasteiger partial charge in [0.2, 0.25) is 0 Å². The van der Waals surface area contributed by atoms with Gasteiger partial charge in [-0.1, -0.05) is 6.92 Å². The highest BCUT2D eigenvalue weighted by Gasteiger charge is 2.13. The lowest BCUT2D eigenvalue weighted by atomic mass is 10.2. The van der Waals surface area contributed by atoms with Crippen LogP contribution < -0.4 is 5.32 Å². The number of anilines is 1. The molecule has 2 rings (SSSR count). The molecular formula is C11H16N6S. The summed E-state index contributed by atoms with van der Waals surface area (Å²) in [7, 11) is 3.81. The summed E-state index contributed by atoms with van der Waals surface area (Å²) in [6.45, 7) is 4.02. The number of aryl methyl sites for hydroxylation is 1. The zero-order chi connectivity index (χ0) is 13.1. The third-order valence-corrected chi connectivity index (χ3v) is 3.82. The molecule has 0 atom stereocenters. The number of rotatable bonds is 4. The average Bonchev–Trinajstić information content (AvgIpc) is 2.70. The van der Waals surface area contributed by atoms with Crippen molar-refractivity contribution in [2.75, 3.05) is 12.4 Å². The highest BCUT2D eigenvalue weighted by atomic mass is 32.2. The lowest BCUT2D eigenvalue weighted by molar-refractivity contribution is 0.763. The van der Waals surface area contributed by atoms with E-state index in [9.17, 15) is 0 Å². The van der Waals surface area contributed by atoms with E-state index < -0.39 is 0 Å². The summed E-state index contributed by atoms with van der Waals surface area (Å²) in [6.07, 6.45) is 2.44. The molecule has 0 unspecified atom stereocenters. The second-order valence-corrected chi connectivity index (χ2v) is 4.76. The fraction of sp³-hybridized carbons (Fsp3) is 0.455. The summed E-state index contributed by atoms with van der Waals surface area (Å²) in [6, 6.07) is 0. The van der Waals surface area contributed by atoms with Crippen molar-refractivity contribution in [1.29, 1.82) is 0 Å². The molecule has 2 heterocycles. The summed E-state index contributed by atoms with van der Waals surface area (Å²) in [5.41, 5.74) is 1.10. The van der Waals surface area contributed by atoms with Gasteiger partial charge in [-0.3, -0.25) is 0 Å². The van der Waals surface area contributed by atoms with E-state index in [1.54, 1.807) is 6.33 Å². The Bertz CT molecular complexity index is 550. The van der Waals surface area contributed by atoms with Gasteiger partial charge in [-0.15, -0.1) is 10.2 Å². The first-order valence-electron chi connectivity index (χ1n) is 5.72. The fourth-order valence-electron chi connectivity index (χ4n) is 1.58. The summed E-state index contributed by atoms with van der Waals surface area (Å²) in [5.74, 6) is 1.76. The maximum atomic E-state index is 4.33. The zero-order valence-corrected chi connectivity index (χ0v) is 11.7. The molecule has 0 aliphatic carbocycles. The first-order chi connectivity index (χ1) is 8.67. The smallest absolute Gasteiger partial charge is 0.197 e. The van der Waals surface area contributed by atoms with Crippen molar-refractivity contribution in [2.45, 2.75) is 30.5 Å². The first kappa shape index (κ1) is 12.8. The molecule has 6 nitrogen and oxygen atoms in total. The van der Waals surface area contributed by atoms with Gasteiger partial charge in [-0.25, -0.2) is 9.97 Å². The van der Waals surface area contributed by atoms with Gasteiger partial charge in [0.25, 0.3) is 0 Å². The van der Waals surface area contributed by atoms with Crippen molar-refractivity contribution >= 4 is 17.6 Å². The third kappa shape index (κ3) is 2.31. The van der Waals surface area contributed by atoms with Crippen molar-refractivity contribution in [3.63, 3.8) is 0 Å². The molecule has 2 aromatic heterocycles. The molecule has 7 heteroatoms. The summed E-state index contributed by atoms with van der Waals surface area (Å²) in [4.78, 5) is 8.55. The van der Waals surface area contributed by atoms with Crippen LogP contribution >= 0.6 is 11.8 Å². The van der Waals surface area contributed by atoms with E-state index in [0.717, 1.165) is 33.8 Å².